The molecular formula is C18H17NO5. The molecule has 0 atom stereocenters. The minimum absolute atomic E-state index is 0.106. The smallest absolute Gasteiger partial charge is 0.338 e. The van der Waals surface area contributed by atoms with Gasteiger partial charge in [-0.1, -0.05) is 36.4 Å². The molecule has 0 unspecified atom stereocenters. The van der Waals surface area contributed by atoms with E-state index >= 15 is 0 Å². The predicted molar refractivity (Wildman–Crippen MR) is 87.7 cm³/mol. The summed E-state index contributed by atoms with van der Waals surface area (Å²) >= 11 is 0. The van der Waals surface area contributed by atoms with Crippen molar-refractivity contribution in [2.24, 2.45) is 0 Å². The van der Waals surface area contributed by atoms with Gasteiger partial charge in [-0.15, -0.1) is 0 Å². The molecule has 124 valence electrons. The van der Waals surface area contributed by atoms with Crippen molar-refractivity contribution in [1.29, 1.82) is 0 Å². The summed E-state index contributed by atoms with van der Waals surface area (Å²) in [7, 11) is 0. The molecule has 0 N–H and O–H groups in total. The summed E-state index contributed by atoms with van der Waals surface area (Å²) in [5, 5.41) is 11.2. The molecule has 0 radical (unpaired) electrons. The van der Waals surface area contributed by atoms with Crippen LogP contribution >= 0.6 is 0 Å². The third-order valence-corrected chi connectivity index (χ3v) is 3.50. The van der Waals surface area contributed by atoms with Crippen LogP contribution < -0.4 is 0 Å². The fourth-order valence-corrected chi connectivity index (χ4v) is 2.25. The molecule has 2 rings (SSSR count). The minimum Gasteiger partial charge on any atom is -0.457 e. The Morgan fingerprint density at radius 3 is 2.58 bits per heavy atom. The molecular weight excluding hydrogens is 310 g/mol. The molecule has 0 fully saturated rings. The fourth-order valence-electron chi connectivity index (χ4n) is 2.25. The van der Waals surface area contributed by atoms with E-state index in [1.54, 1.807) is 6.07 Å². The fraction of sp³-hybridized carbons (Fsp3) is 0.222. The number of hydrogen-bond acceptors (Lipinski definition) is 5. The van der Waals surface area contributed by atoms with Crippen molar-refractivity contribution >= 4 is 17.9 Å². The Morgan fingerprint density at radius 1 is 1.17 bits per heavy atom. The van der Waals surface area contributed by atoms with Gasteiger partial charge in [-0.05, 0) is 24.5 Å². The average molecular weight is 327 g/mol. The second kappa shape index (κ2) is 8.57. The van der Waals surface area contributed by atoms with Crippen LogP contribution in [0, 0.1) is 10.1 Å². The standard InChI is InChI=1S/C18H17NO5/c20-11-5-4-8-15-9-10-16(12-17(15)19(22)23)18(21)24-13-14-6-2-1-3-7-14/h1-3,6-7,9-12H,4-5,8,13H2. The molecule has 2 aromatic carbocycles. The van der Waals surface area contributed by atoms with Gasteiger partial charge in [-0.2, -0.15) is 0 Å². The average Bonchev–Trinajstić information content (AvgIpc) is 2.60. The first-order valence-electron chi connectivity index (χ1n) is 7.54. The highest BCUT2D eigenvalue weighted by molar-refractivity contribution is 5.90. The number of nitrogens with zero attached hydrogens (tertiary/aromatic N) is 1. The molecule has 0 aliphatic rings. The SMILES string of the molecule is O=CCCCc1ccc(C(=O)OCc2ccccc2)cc1[N+](=O)[O-]. The zero-order chi connectivity index (χ0) is 17.4. The van der Waals surface area contributed by atoms with E-state index in [0.717, 1.165) is 11.8 Å². The Hall–Kier alpha value is -3.02. The van der Waals surface area contributed by atoms with E-state index in [0.29, 0.717) is 24.8 Å². The first-order valence-corrected chi connectivity index (χ1v) is 7.54. The molecule has 0 aromatic heterocycles. The number of aryl methyl sites for hydroxylation is 1. The van der Waals surface area contributed by atoms with E-state index in [4.69, 9.17) is 4.74 Å². The normalized spacial score (nSPS) is 10.2. The molecule has 0 saturated heterocycles. The quantitative estimate of drug-likeness (QED) is 0.243. The van der Waals surface area contributed by atoms with Crippen LogP contribution in [0.15, 0.2) is 48.5 Å². The maximum atomic E-state index is 12.1. The molecule has 0 saturated carbocycles. The largest absolute Gasteiger partial charge is 0.457 e. The van der Waals surface area contributed by atoms with E-state index in [1.807, 2.05) is 30.3 Å². The third kappa shape index (κ3) is 4.74. The molecule has 0 aliphatic carbocycles. The summed E-state index contributed by atoms with van der Waals surface area (Å²) in [4.78, 5) is 33.1. The second-order valence-electron chi connectivity index (χ2n) is 5.22. The lowest BCUT2D eigenvalue weighted by molar-refractivity contribution is -0.385. The van der Waals surface area contributed by atoms with Crippen LogP contribution in [-0.2, 0) is 22.6 Å². The Bertz CT molecular complexity index is 727. The summed E-state index contributed by atoms with van der Waals surface area (Å²) in [6.07, 6.45) is 2.07. The van der Waals surface area contributed by atoms with Gasteiger partial charge >= 0.3 is 5.97 Å². The first-order chi connectivity index (χ1) is 11.6. The van der Waals surface area contributed by atoms with Crippen molar-refractivity contribution in [3.63, 3.8) is 0 Å². The van der Waals surface area contributed by atoms with Crippen LogP contribution in [0.3, 0.4) is 0 Å². The van der Waals surface area contributed by atoms with Gasteiger partial charge in [0.05, 0.1) is 10.5 Å². The van der Waals surface area contributed by atoms with E-state index < -0.39 is 10.9 Å². The zero-order valence-electron chi connectivity index (χ0n) is 13.0. The van der Waals surface area contributed by atoms with Crippen LogP contribution in [0.5, 0.6) is 0 Å². The van der Waals surface area contributed by atoms with Crippen LogP contribution in [0.25, 0.3) is 0 Å². The van der Waals surface area contributed by atoms with Crippen molar-refractivity contribution in [3.05, 3.63) is 75.3 Å². The van der Waals surface area contributed by atoms with Gasteiger partial charge in [0.15, 0.2) is 0 Å². The van der Waals surface area contributed by atoms with Gasteiger partial charge in [0.25, 0.3) is 5.69 Å². The summed E-state index contributed by atoms with van der Waals surface area (Å²) in [5.41, 5.74) is 1.35. The Labute approximate surface area is 139 Å². The molecule has 0 aliphatic heterocycles. The lowest BCUT2D eigenvalue weighted by Crippen LogP contribution is -2.07. The van der Waals surface area contributed by atoms with Crippen molar-refractivity contribution in [2.75, 3.05) is 0 Å². The number of ether oxygens (including phenoxy) is 1. The van der Waals surface area contributed by atoms with Crippen LogP contribution in [-0.4, -0.2) is 17.2 Å². The van der Waals surface area contributed by atoms with Crippen LogP contribution in [0.2, 0.25) is 0 Å². The molecule has 2 aromatic rings. The number of nitro groups is 1. The third-order valence-electron chi connectivity index (χ3n) is 3.50. The number of nitro benzene ring substituents is 1. The van der Waals surface area contributed by atoms with Gasteiger partial charge in [-0.3, -0.25) is 10.1 Å². The molecule has 0 heterocycles. The number of esters is 1. The monoisotopic (exact) mass is 327 g/mol. The molecule has 6 nitrogen and oxygen atoms in total. The lowest BCUT2D eigenvalue weighted by Gasteiger charge is -2.07. The van der Waals surface area contributed by atoms with Gasteiger partial charge in [0.1, 0.15) is 12.9 Å². The molecule has 0 bridgehead atoms. The number of rotatable bonds is 8. The number of carbonyl (C=O) groups excluding carboxylic acids is 2. The highest BCUT2D eigenvalue weighted by Crippen LogP contribution is 2.23. The van der Waals surface area contributed by atoms with Crippen LogP contribution in [0.1, 0.15) is 34.3 Å². The molecule has 6 heteroatoms. The van der Waals surface area contributed by atoms with E-state index in [-0.39, 0.29) is 17.9 Å². The number of aldehydes is 1. The number of benzene rings is 2. The molecule has 0 spiro atoms. The Kier molecular flexibility index (Phi) is 6.19. The summed E-state index contributed by atoms with van der Waals surface area (Å²) in [6, 6.07) is 13.5. The maximum absolute atomic E-state index is 12.1. The van der Waals surface area contributed by atoms with Crippen LogP contribution in [0.4, 0.5) is 5.69 Å². The van der Waals surface area contributed by atoms with Crippen molar-refractivity contribution in [2.45, 2.75) is 25.9 Å². The number of carbonyl (C=O) groups is 2. The molecule has 24 heavy (non-hydrogen) atoms. The van der Waals surface area contributed by atoms with E-state index in [1.165, 1.54) is 12.1 Å². The maximum Gasteiger partial charge on any atom is 0.338 e. The van der Waals surface area contributed by atoms with E-state index in [2.05, 4.69) is 0 Å². The Morgan fingerprint density at radius 2 is 1.92 bits per heavy atom. The molecule has 0 amide bonds. The summed E-state index contributed by atoms with van der Waals surface area (Å²) in [5.74, 6) is -0.610. The van der Waals surface area contributed by atoms with Crippen molar-refractivity contribution < 1.29 is 19.2 Å². The minimum atomic E-state index is -0.610. The van der Waals surface area contributed by atoms with Gasteiger partial charge in [-0.25, -0.2) is 4.79 Å². The number of unbranched alkanes of at least 4 members (excludes halogenated alkanes) is 1. The van der Waals surface area contributed by atoms with Gasteiger partial charge in [0.2, 0.25) is 0 Å². The summed E-state index contributed by atoms with van der Waals surface area (Å²) < 4.78 is 5.18. The lowest BCUT2D eigenvalue weighted by atomic mass is 10.0. The van der Waals surface area contributed by atoms with Crippen molar-refractivity contribution in [3.8, 4) is 0 Å². The first kappa shape index (κ1) is 17.3. The van der Waals surface area contributed by atoms with Gasteiger partial charge in [0, 0.05) is 18.1 Å². The topological polar surface area (TPSA) is 86.5 Å². The zero-order valence-corrected chi connectivity index (χ0v) is 13.0. The van der Waals surface area contributed by atoms with E-state index in [9.17, 15) is 19.7 Å². The second-order valence-corrected chi connectivity index (χ2v) is 5.22. The number of hydrogen-bond donors (Lipinski definition) is 0. The van der Waals surface area contributed by atoms with Crippen molar-refractivity contribution in [1.82, 2.24) is 0 Å². The highest BCUT2D eigenvalue weighted by Gasteiger charge is 2.18. The predicted octanol–water partition coefficient (Wildman–Crippen LogP) is 3.47. The summed E-state index contributed by atoms with van der Waals surface area (Å²) in [6.45, 7) is 0.106. The Balaban J connectivity index is 2.09. The highest BCUT2D eigenvalue weighted by atomic mass is 16.6. The van der Waals surface area contributed by atoms with Gasteiger partial charge < -0.3 is 9.53 Å².